The van der Waals surface area contributed by atoms with Gasteiger partial charge in [0.2, 0.25) is 5.91 Å². The number of rotatable bonds is 3. The minimum Gasteiger partial charge on any atom is -0.481 e. The van der Waals surface area contributed by atoms with Crippen LogP contribution in [0.3, 0.4) is 0 Å². The lowest BCUT2D eigenvalue weighted by Gasteiger charge is -2.32. The van der Waals surface area contributed by atoms with E-state index in [-0.39, 0.29) is 23.7 Å². The number of hydrogen-bond donors (Lipinski definition) is 1. The Kier molecular flexibility index (Phi) is 4.71. The summed E-state index contributed by atoms with van der Waals surface area (Å²) >= 11 is 0. The van der Waals surface area contributed by atoms with Gasteiger partial charge < -0.3 is 10.0 Å². The minimum absolute atomic E-state index is 0.0726. The van der Waals surface area contributed by atoms with Crippen molar-refractivity contribution in [2.24, 2.45) is 29.6 Å². The molecule has 2 atom stereocenters. The Labute approximate surface area is 121 Å². The highest BCUT2D eigenvalue weighted by Crippen LogP contribution is 2.35. The Morgan fingerprint density at radius 3 is 2.15 bits per heavy atom. The van der Waals surface area contributed by atoms with Crippen LogP contribution in [-0.4, -0.2) is 35.0 Å². The van der Waals surface area contributed by atoms with Crippen molar-refractivity contribution in [2.45, 2.75) is 46.5 Å². The summed E-state index contributed by atoms with van der Waals surface area (Å²) in [6.07, 6.45) is 4.23. The molecule has 1 N–H and O–H groups in total. The normalized spacial score (nSPS) is 34.5. The van der Waals surface area contributed by atoms with Gasteiger partial charge in [-0.15, -0.1) is 0 Å². The molecule has 20 heavy (non-hydrogen) atoms. The van der Waals surface area contributed by atoms with Crippen LogP contribution in [0, 0.1) is 29.6 Å². The van der Waals surface area contributed by atoms with Gasteiger partial charge in [0.15, 0.2) is 0 Å². The standard InChI is InChI=1S/C16H27NO3/c1-10(2)12-4-6-13(7-5-12)15(18)17-8-11(3)14(9-17)16(19)20/h10-14H,4-9H2,1-3H3,(H,19,20)/t11-,12?,13?,14-/m1/s1. The molecule has 1 aliphatic heterocycles. The lowest BCUT2D eigenvalue weighted by molar-refractivity contribution is -0.142. The van der Waals surface area contributed by atoms with Crippen LogP contribution < -0.4 is 0 Å². The average Bonchev–Trinajstić information content (AvgIpc) is 2.80. The predicted molar refractivity (Wildman–Crippen MR) is 77.2 cm³/mol. The summed E-state index contributed by atoms with van der Waals surface area (Å²) in [6.45, 7) is 7.46. The first-order valence-corrected chi connectivity index (χ1v) is 7.91. The van der Waals surface area contributed by atoms with Crippen LogP contribution in [0.25, 0.3) is 0 Å². The van der Waals surface area contributed by atoms with Gasteiger partial charge in [-0.1, -0.05) is 20.8 Å². The molecule has 1 amide bonds. The molecule has 2 fully saturated rings. The predicted octanol–water partition coefficient (Wildman–Crippen LogP) is 2.63. The molecule has 0 radical (unpaired) electrons. The zero-order valence-corrected chi connectivity index (χ0v) is 12.8. The van der Waals surface area contributed by atoms with E-state index in [0.717, 1.165) is 31.6 Å². The monoisotopic (exact) mass is 281 g/mol. The number of carbonyl (C=O) groups excluding carboxylic acids is 1. The SMILES string of the molecule is CC(C)C1CCC(C(=O)N2C[C@@H](C)[C@H](C(=O)O)C2)CC1. The second-order valence-electron chi connectivity index (χ2n) is 7.02. The van der Waals surface area contributed by atoms with Crippen molar-refractivity contribution >= 4 is 11.9 Å². The van der Waals surface area contributed by atoms with Gasteiger partial charge in [-0.05, 0) is 43.4 Å². The Bertz CT molecular complexity index is 372. The largest absolute Gasteiger partial charge is 0.481 e. The summed E-state index contributed by atoms with van der Waals surface area (Å²) in [6, 6.07) is 0. The van der Waals surface area contributed by atoms with Crippen molar-refractivity contribution < 1.29 is 14.7 Å². The molecule has 1 saturated heterocycles. The van der Waals surface area contributed by atoms with Crippen LogP contribution in [0.4, 0.5) is 0 Å². The topological polar surface area (TPSA) is 57.6 Å². The second-order valence-corrected chi connectivity index (χ2v) is 7.02. The first-order valence-electron chi connectivity index (χ1n) is 7.91. The molecule has 2 rings (SSSR count). The molecule has 0 unspecified atom stereocenters. The third-order valence-corrected chi connectivity index (χ3v) is 5.31. The molecule has 114 valence electrons. The smallest absolute Gasteiger partial charge is 0.308 e. The molecule has 0 aromatic heterocycles. The van der Waals surface area contributed by atoms with E-state index in [0.29, 0.717) is 19.0 Å². The summed E-state index contributed by atoms with van der Waals surface area (Å²) in [5.74, 6) is 0.704. The maximum atomic E-state index is 12.5. The van der Waals surface area contributed by atoms with Crippen LogP contribution in [0.1, 0.15) is 46.5 Å². The number of nitrogens with zero attached hydrogens (tertiary/aromatic N) is 1. The van der Waals surface area contributed by atoms with E-state index in [4.69, 9.17) is 5.11 Å². The van der Waals surface area contributed by atoms with E-state index in [1.165, 1.54) is 0 Å². The van der Waals surface area contributed by atoms with Crippen molar-refractivity contribution in [3.8, 4) is 0 Å². The van der Waals surface area contributed by atoms with Crippen molar-refractivity contribution in [3.63, 3.8) is 0 Å². The fourth-order valence-electron chi connectivity index (χ4n) is 3.76. The molecular weight excluding hydrogens is 254 g/mol. The first kappa shape index (κ1) is 15.3. The molecule has 0 spiro atoms. The molecule has 0 bridgehead atoms. The van der Waals surface area contributed by atoms with Crippen LogP contribution in [0.2, 0.25) is 0 Å². The third kappa shape index (κ3) is 3.15. The zero-order valence-electron chi connectivity index (χ0n) is 12.8. The first-order chi connectivity index (χ1) is 9.40. The fraction of sp³-hybridized carbons (Fsp3) is 0.875. The van der Waals surface area contributed by atoms with E-state index >= 15 is 0 Å². The van der Waals surface area contributed by atoms with E-state index in [1.54, 1.807) is 4.90 Å². The Hall–Kier alpha value is -1.06. The highest BCUT2D eigenvalue weighted by molar-refractivity contribution is 5.81. The maximum absolute atomic E-state index is 12.5. The second kappa shape index (κ2) is 6.15. The van der Waals surface area contributed by atoms with E-state index in [2.05, 4.69) is 13.8 Å². The number of amides is 1. The summed E-state index contributed by atoms with van der Waals surface area (Å²) in [7, 11) is 0. The molecule has 4 heteroatoms. The lowest BCUT2D eigenvalue weighted by Crippen LogP contribution is -2.37. The van der Waals surface area contributed by atoms with Crippen LogP contribution in [0.5, 0.6) is 0 Å². The number of likely N-dealkylation sites (tertiary alicyclic amines) is 1. The Morgan fingerprint density at radius 1 is 1.10 bits per heavy atom. The summed E-state index contributed by atoms with van der Waals surface area (Å²) in [5, 5.41) is 9.15. The van der Waals surface area contributed by atoms with Crippen molar-refractivity contribution in [1.29, 1.82) is 0 Å². The Balaban J connectivity index is 1.89. The number of aliphatic carboxylic acids is 1. The average molecular weight is 281 g/mol. The van der Waals surface area contributed by atoms with Gasteiger partial charge in [0.1, 0.15) is 0 Å². The maximum Gasteiger partial charge on any atom is 0.308 e. The summed E-state index contributed by atoms with van der Waals surface area (Å²) in [5.41, 5.74) is 0. The van der Waals surface area contributed by atoms with Crippen LogP contribution in [0.15, 0.2) is 0 Å². The number of hydrogen-bond acceptors (Lipinski definition) is 2. The molecule has 1 saturated carbocycles. The molecule has 1 heterocycles. The quantitative estimate of drug-likeness (QED) is 0.865. The number of carbonyl (C=O) groups is 2. The van der Waals surface area contributed by atoms with Gasteiger partial charge in [0, 0.05) is 19.0 Å². The minimum atomic E-state index is -0.767. The van der Waals surface area contributed by atoms with Crippen molar-refractivity contribution in [3.05, 3.63) is 0 Å². The van der Waals surface area contributed by atoms with Gasteiger partial charge in [0.05, 0.1) is 5.92 Å². The number of carboxylic acid groups (broad SMARTS) is 1. The van der Waals surface area contributed by atoms with Gasteiger partial charge in [0.25, 0.3) is 0 Å². The molecule has 4 nitrogen and oxygen atoms in total. The van der Waals surface area contributed by atoms with Crippen LogP contribution in [-0.2, 0) is 9.59 Å². The van der Waals surface area contributed by atoms with E-state index < -0.39 is 5.97 Å². The molecule has 1 aliphatic carbocycles. The van der Waals surface area contributed by atoms with Crippen molar-refractivity contribution in [1.82, 2.24) is 4.90 Å². The lowest BCUT2D eigenvalue weighted by atomic mass is 9.76. The van der Waals surface area contributed by atoms with Crippen molar-refractivity contribution in [2.75, 3.05) is 13.1 Å². The zero-order chi connectivity index (χ0) is 14.9. The van der Waals surface area contributed by atoms with Gasteiger partial charge >= 0.3 is 5.97 Å². The molecule has 0 aromatic rings. The van der Waals surface area contributed by atoms with Gasteiger partial charge in [-0.3, -0.25) is 9.59 Å². The fourth-order valence-corrected chi connectivity index (χ4v) is 3.76. The van der Waals surface area contributed by atoms with E-state index in [9.17, 15) is 9.59 Å². The van der Waals surface area contributed by atoms with Crippen LogP contribution >= 0.6 is 0 Å². The third-order valence-electron chi connectivity index (χ3n) is 5.31. The number of carboxylic acids is 1. The molecule has 2 aliphatic rings. The summed E-state index contributed by atoms with van der Waals surface area (Å²) in [4.78, 5) is 25.5. The highest BCUT2D eigenvalue weighted by Gasteiger charge is 2.39. The summed E-state index contributed by atoms with van der Waals surface area (Å²) < 4.78 is 0. The Morgan fingerprint density at radius 2 is 1.70 bits per heavy atom. The van der Waals surface area contributed by atoms with Gasteiger partial charge in [-0.2, -0.15) is 0 Å². The van der Waals surface area contributed by atoms with Gasteiger partial charge in [-0.25, -0.2) is 0 Å². The van der Waals surface area contributed by atoms with E-state index in [1.807, 2.05) is 6.92 Å². The molecule has 0 aromatic carbocycles. The molecular formula is C16H27NO3. The highest BCUT2D eigenvalue weighted by atomic mass is 16.4.